The molecule has 1 amide bonds. The van der Waals surface area contributed by atoms with E-state index < -0.39 is 0 Å². The molecular weight excluding hydrogens is 214 g/mol. The molecule has 1 saturated heterocycles. The summed E-state index contributed by atoms with van der Waals surface area (Å²) in [5.74, 6) is 0.156. The Hall–Kier alpha value is -0.610. The Morgan fingerprint density at radius 2 is 2.00 bits per heavy atom. The van der Waals surface area contributed by atoms with Crippen LogP contribution in [-0.4, -0.2) is 49.6 Å². The highest BCUT2D eigenvalue weighted by molar-refractivity contribution is 5.75. The van der Waals surface area contributed by atoms with Crippen LogP contribution in [0.4, 0.5) is 0 Å². The number of likely N-dealkylation sites (tertiary alicyclic amines) is 1. The molecule has 1 heterocycles. The molecule has 0 aromatic rings. The lowest BCUT2D eigenvalue weighted by atomic mass is 10.0. The maximum atomic E-state index is 11.3. The zero-order chi connectivity index (χ0) is 12.5. The van der Waals surface area contributed by atoms with Gasteiger partial charge in [0, 0.05) is 25.6 Å². The van der Waals surface area contributed by atoms with E-state index in [1.54, 1.807) is 0 Å². The van der Waals surface area contributed by atoms with Gasteiger partial charge in [-0.1, -0.05) is 6.92 Å². The van der Waals surface area contributed by atoms with E-state index in [9.17, 15) is 4.79 Å². The Labute approximate surface area is 105 Å². The standard InChI is InChI=1S/C13H27N3O/c1-3-9-16-10-6-12(7-11-16)15-8-5-13(17)14-4-2/h12,15H,3-11H2,1-2H3,(H,14,17). The number of carbonyl (C=O) groups excluding carboxylic acids is 1. The van der Waals surface area contributed by atoms with Crippen molar-refractivity contribution >= 4 is 5.91 Å². The lowest BCUT2D eigenvalue weighted by Crippen LogP contribution is -2.43. The predicted molar refractivity (Wildman–Crippen MR) is 71.1 cm³/mol. The SMILES string of the molecule is CCCN1CCC(NCCC(=O)NCC)CC1. The van der Waals surface area contributed by atoms with Gasteiger partial charge in [0.05, 0.1) is 0 Å². The highest BCUT2D eigenvalue weighted by Crippen LogP contribution is 2.10. The maximum absolute atomic E-state index is 11.3. The zero-order valence-corrected chi connectivity index (χ0v) is 11.3. The summed E-state index contributed by atoms with van der Waals surface area (Å²) in [5, 5.41) is 6.31. The quantitative estimate of drug-likeness (QED) is 0.698. The smallest absolute Gasteiger partial charge is 0.221 e. The molecule has 0 spiro atoms. The lowest BCUT2D eigenvalue weighted by molar-refractivity contribution is -0.120. The maximum Gasteiger partial charge on any atom is 0.221 e. The Balaban J connectivity index is 2.04. The van der Waals surface area contributed by atoms with E-state index in [1.807, 2.05) is 6.92 Å². The van der Waals surface area contributed by atoms with Gasteiger partial charge in [0.1, 0.15) is 0 Å². The number of piperidine rings is 1. The minimum atomic E-state index is 0.156. The third-order valence-corrected chi connectivity index (χ3v) is 3.29. The van der Waals surface area contributed by atoms with Crippen LogP contribution < -0.4 is 10.6 Å². The summed E-state index contributed by atoms with van der Waals surface area (Å²) in [5.41, 5.74) is 0. The molecule has 0 aliphatic carbocycles. The fraction of sp³-hybridized carbons (Fsp3) is 0.923. The Kier molecular flexibility index (Phi) is 7.21. The molecule has 2 N–H and O–H groups in total. The van der Waals surface area contributed by atoms with Gasteiger partial charge in [0.25, 0.3) is 0 Å². The molecule has 1 aliphatic rings. The average molecular weight is 241 g/mol. The second-order valence-electron chi connectivity index (χ2n) is 4.77. The van der Waals surface area contributed by atoms with Crippen molar-refractivity contribution in [2.75, 3.05) is 32.7 Å². The van der Waals surface area contributed by atoms with Crippen LogP contribution in [0.25, 0.3) is 0 Å². The van der Waals surface area contributed by atoms with Gasteiger partial charge in [-0.05, 0) is 45.8 Å². The van der Waals surface area contributed by atoms with Crippen LogP contribution in [-0.2, 0) is 4.79 Å². The van der Waals surface area contributed by atoms with E-state index in [1.165, 1.54) is 38.9 Å². The fourth-order valence-corrected chi connectivity index (χ4v) is 2.35. The molecule has 4 nitrogen and oxygen atoms in total. The molecule has 100 valence electrons. The monoisotopic (exact) mass is 241 g/mol. The number of nitrogens with one attached hydrogen (secondary N) is 2. The van der Waals surface area contributed by atoms with Gasteiger partial charge in [0.15, 0.2) is 0 Å². The number of hydrogen-bond donors (Lipinski definition) is 2. The summed E-state index contributed by atoms with van der Waals surface area (Å²) in [6.07, 6.45) is 4.28. The van der Waals surface area contributed by atoms with E-state index in [0.29, 0.717) is 12.5 Å². The van der Waals surface area contributed by atoms with Gasteiger partial charge in [-0.15, -0.1) is 0 Å². The van der Waals surface area contributed by atoms with Crippen molar-refractivity contribution in [3.05, 3.63) is 0 Å². The number of amides is 1. The molecule has 17 heavy (non-hydrogen) atoms. The van der Waals surface area contributed by atoms with Crippen LogP contribution in [0.2, 0.25) is 0 Å². The molecule has 4 heteroatoms. The van der Waals surface area contributed by atoms with Crippen LogP contribution in [0.15, 0.2) is 0 Å². The number of carbonyl (C=O) groups is 1. The topological polar surface area (TPSA) is 44.4 Å². The highest BCUT2D eigenvalue weighted by atomic mass is 16.1. The third kappa shape index (κ3) is 6.03. The van der Waals surface area contributed by atoms with Gasteiger partial charge in [-0.3, -0.25) is 4.79 Å². The van der Waals surface area contributed by atoms with Crippen molar-refractivity contribution < 1.29 is 4.79 Å². The Bertz CT molecular complexity index is 213. The molecule has 0 bridgehead atoms. The van der Waals surface area contributed by atoms with Crippen LogP contribution in [0.3, 0.4) is 0 Å². The first-order chi connectivity index (χ1) is 8.26. The van der Waals surface area contributed by atoms with Crippen molar-refractivity contribution in [3.8, 4) is 0 Å². The minimum Gasteiger partial charge on any atom is -0.356 e. The predicted octanol–water partition coefficient (Wildman–Crippen LogP) is 0.977. The van der Waals surface area contributed by atoms with E-state index in [0.717, 1.165) is 13.1 Å². The molecule has 0 aromatic carbocycles. The molecule has 1 rings (SSSR count). The second-order valence-corrected chi connectivity index (χ2v) is 4.77. The molecule has 0 aromatic heterocycles. The van der Waals surface area contributed by atoms with E-state index in [4.69, 9.17) is 0 Å². The summed E-state index contributed by atoms with van der Waals surface area (Å²) < 4.78 is 0. The number of hydrogen-bond acceptors (Lipinski definition) is 3. The molecular formula is C13H27N3O. The van der Waals surface area contributed by atoms with E-state index >= 15 is 0 Å². The minimum absolute atomic E-state index is 0.156. The second kappa shape index (κ2) is 8.48. The molecule has 0 saturated carbocycles. The van der Waals surface area contributed by atoms with Gasteiger partial charge >= 0.3 is 0 Å². The van der Waals surface area contributed by atoms with Crippen molar-refractivity contribution in [2.45, 2.75) is 45.6 Å². The highest BCUT2D eigenvalue weighted by Gasteiger charge is 2.17. The summed E-state index contributed by atoms with van der Waals surface area (Å²) >= 11 is 0. The summed E-state index contributed by atoms with van der Waals surface area (Å²) in [6, 6.07) is 0.609. The molecule has 1 aliphatic heterocycles. The van der Waals surface area contributed by atoms with Crippen molar-refractivity contribution in [3.63, 3.8) is 0 Å². The van der Waals surface area contributed by atoms with Crippen molar-refractivity contribution in [2.24, 2.45) is 0 Å². The zero-order valence-electron chi connectivity index (χ0n) is 11.3. The van der Waals surface area contributed by atoms with Gasteiger partial charge in [-0.25, -0.2) is 0 Å². The first-order valence-electron chi connectivity index (χ1n) is 6.98. The largest absolute Gasteiger partial charge is 0.356 e. The fourth-order valence-electron chi connectivity index (χ4n) is 2.35. The average Bonchev–Trinajstić information content (AvgIpc) is 2.32. The Morgan fingerprint density at radius 1 is 1.29 bits per heavy atom. The van der Waals surface area contributed by atoms with Crippen molar-refractivity contribution in [1.29, 1.82) is 0 Å². The van der Waals surface area contributed by atoms with Crippen LogP contribution in [0.1, 0.15) is 39.5 Å². The lowest BCUT2D eigenvalue weighted by Gasteiger charge is -2.32. The first-order valence-corrected chi connectivity index (χ1v) is 6.98. The van der Waals surface area contributed by atoms with E-state index in [-0.39, 0.29) is 5.91 Å². The molecule has 0 unspecified atom stereocenters. The van der Waals surface area contributed by atoms with E-state index in [2.05, 4.69) is 22.5 Å². The summed E-state index contributed by atoms with van der Waals surface area (Å²) in [4.78, 5) is 13.8. The number of nitrogens with zero attached hydrogens (tertiary/aromatic N) is 1. The van der Waals surface area contributed by atoms with Crippen LogP contribution in [0, 0.1) is 0 Å². The van der Waals surface area contributed by atoms with Crippen LogP contribution in [0.5, 0.6) is 0 Å². The van der Waals surface area contributed by atoms with Crippen molar-refractivity contribution in [1.82, 2.24) is 15.5 Å². The molecule has 0 atom stereocenters. The van der Waals surface area contributed by atoms with Gasteiger partial charge in [0.2, 0.25) is 5.91 Å². The first kappa shape index (κ1) is 14.5. The third-order valence-electron chi connectivity index (χ3n) is 3.29. The molecule has 1 fully saturated rings. The van der Waals surface area contributed by atoms with Gasteiger partial charge in [-0.2, -0.15) is 0 Å². The summed E-state index contributed by atoms with van der Waals surface area (Å²) in [6.45, 7) is 9.36. The Morgan fingerprint density at radius 3 is 2.59 bits per heavy atom. The molecule has 0 radical (unpaired) electrons. The number of rotatable bonds is 7. The normalized spacial score (nSPS) is 18.2. The van der Waals surface area contributed by atoms with Crippen LogP contribution >= 0.6 is 0 Å². The summed E-state index contributed by atoms with van der Waals surface area (Å²) in [7, 11) is 0. The van der Waals surface area contributed by atoms with Gasteiger partial charge < -0.3 is 15.5 Å².